The van der Waals surface area contributed by atoms with Gasteiger partial charge in [0.05, 0.1) is 0 Å². The van der Waals surface area contributed by atoms with E-state index in [-0.39, 0.29) is 26.9 Å². The van der Waals surface area contributed by atoms with E-state index in [2.05, 4.69) is 158 Å². The van der Waals surface area contributed by atoms with E-state index in [1.807, 2.05) is 18.2 Å². The Morgan fingerprint density at radius 1 is 0.404 bits per heavy atom. The van der Waals surface area contributed by atoms with Crippen molar-refractivity contribution < 1.29 is 14.7 Å². The standard InChI is InChI=1S/C48H59O3P/c1-29-21-33-17-20-42(52(49,50,51)43-28-32-16-19-37(46(6,7)8)24-35(32)27-41(43)48(12,13)14)44(38(33)22-30(29)2)39-25-31-15-18-36(45(3,4)5)23-34(31)26-40(39)47(9,10)11/h15-28,49-51H,1-14H3. The minimum absolute atomic E-state index is 0.00616. The molecule has 0 saturated heterocycles. The molecule has 0 amide bonds. The molecule has 0 spiro atoms. The maximum absolute atomic E-state index is 13.0. The van der Waals surface area contributed by atoms with Gasteiger partial charge in [-0.2, -0.15) is 0 Å². The van der Waals surface area contributed by atoms with Gasteiger partial charge >= 0.3 is 313 Å². The summed E-state index contributed by atoms with van der Waals surface area (Å²) < 4.78 is 0. The molecule has 0 aromatic heterocycles. The van der Waals surface area contributed by atoms with Gasteiger partial charge in [-0.15, -0.1) is 0 Å². The van der Waals surface area contributed by atoms with Crippen LogP contribution in [0.1, 0.15) is 116 Å². The van der Waals surface area contributed by atoms with E-state index in [9.17, 15) is 14.7 Å². The van der Waals surface area contributed by atoms with Crippen molar-refractivity contribution in [3.8, 4) is 11.1 Å². The SMILES string of the molecule is Cc1cc2ccc(P(O)(O)(O)c3cc4ccc(C(C)(C)C)cc4cc3C(C)(C)C)c(-c3cc4ccc(C(C)(C)C)cc4cc3C(C)(C)C)c2cc1C. The van der Waals surface area contributed by atoms with Crippen molar-refractivity contribution in [2.24, 2.45) is 0 Å². The van der Waals surface area contributed by atoms with Gasteiger partial charge in [0.1, 0.15) is 0 Å². The molecule has 0 bridgehead atoms. The van der Waals surface area contributed by atoms with Crippen LogP contribution in [-0.4, -0.2) is 14.7 Å². The molecule has 0 radical (unpaired) electrons. The normalized spacial score (nSPS) is 14.3. The Morgan fingerprint density at radius 2 is 0.865 bits per heavy atom. The molecule has 3 nitrogen and oxygen atoms in total. The molecule has 3 N–H and O–H groups in total. The minimum atomic E-state index is -5.86. The van der Waals surface area contributed by atoms with Gasteiger partial charge in [0.2, 0.25) is 0 Å². The number of benzene rings is 6. The van der Waals surface area contributed by atoms with Crippen LogP contribution in [0, 0.1) is 13.8 Å². The van der Waals surface area contributed by atoms with Crippen LogP contribution in [0.3, 0.4) is 0 Å². The van der Waals surface area contributed by atoms with E-state index in [0.717, 1.165) is 54.6 Å². The van der Waals surface area contributed by atoms with Crippen molar-refractivity contribution in [3.63, 3.8) is 0 Å². The topological polar surface area (TPSA) is 60.7 Å². The van der Waals surface area contributed by atoms with Crippen LogP contribution < -0.4 is 10.6 Å². The number of aryl methyl sites for hydroxylation is 2. The third kappa shape index (κ3) is 6.71. The Balaban J connectivity index is 1.77. The summed E-state index contributed by atoms with van der Waals surface area (Å²) in [5.41, 5.74) is 7.21. The second-order valence-corrected chi connectivity index (χ2v) is 22.4. The van der Waals surface area contributed by atoms with Crippen LogP contribution in [0.5, 0.6) is 0 Å². The van der Waals surface area contributed by atoms with E-state index < -0.39 is 12.7 Å². The third-order valence-electron chi connectivity index (χ3n) is 11.0. The van der Waals surface area contributed by atoms with Crippen molar-refractivity contribution in [1.82, 2.24) is 0 Å². The Kier molecular flexibility index (Phi) is 8.77. The van der Waals surface area contributed by atoms with E-state index >= 15 is 0 Å². The second kappa shape index (κ2) is 12.0. The number of rotatable bonds is 3. The van der Waals surface area contributed by atoms with Crippen molar-refractivity contribution in [2.45, 2.75) is 119 Å². The van der Waals surface area contributed by atoms with Crippen molar-refractivity contribution in [3.05, 3.63) is 118 Å². The molecule has 0 aliphatic rings. The molecule has 52 heavy (non-hydrogen) atoms. The number of fused-ring (bicyclic) bond motifs is 3. The van der Waals surface area contributed by atoms with Crippen LogP contribution in [0.4, 0.5) is 0 Å². The average Bonchev–Trinajstić information content (AvgIpc) is 3.01. The summed E-state index contributed by atoms with van der Waals surface area (Å²) in [5.74, 6) is 0. The molecular formula is C48H59O3P. The van der Waals surface area contributed by atoms with Crippen LogP contribution in [0.2, 0.25) is 0 Å². The molecule has 0 saturated carbocycles. The second-order valence-electron chi connectivity index (χ2n) is 19.5. The summed E-state index contributed by atoms with van der Waals surface area (Å²) in [6.07, 6.45) is 0. The Bertz CT molecular complexity index is 2400. The van der Waals surface area contributed by atoms with Gasteiger partial charge in [-0.25, -0.2) is 0 Å². The maximum atomic E-state index is 13.0. The van der Waals surface area contributed by atoms with E-state index in [4.69, 9.17) is 0 Å². The van der Waals surface area contributed by atoms with E-state index in [0.29, 0.717) is 11.1 Å². The van der Waals surface area contributed by atoms with Gasteiger partial charge in [0.15, 0.2) is 0 Å². The molecule has 0 heterocycles. The summed E-state index contributed by atoms with van der Waals surface area (Å²) in [7, 11) is -5.86. The van der Waals surface area contributed by atoms with Crippen LogP contribution in [0.15, 0.2) is 84.9 Å². The van der Waals surface area contributed by atoms with Gasteiger partial charge in [-0.3, -0.25) is 0 Å². The fourth-order valence-corrected chi connectivity index (χ4v) is 10.1. The first kappa shape index (κ1) is 38.1. The molecule has 6 aromatic carbocycles. The zero-order valence-corrected chi connectivity index (χ0v) is 34.8. The van der Waals surface area contributed by atoms with Crippen LogP contribution >= 0.6 is 7.28 Å². The molecular weight excluding hydrogens is 655 g/mol. The molecule has 4 heteroatoms. The van der Waals surface area contributed by atoms with Gasteiger partial charge in [-0.1, -0.05) is 0 Å². The summed E-state index contributed by atoms with van der Waals surface area (Å²) >= 11 is 0. The molecule has 0 fully saturated rings. The van der Waals surface area contributed by atoms with Crippen molar-refractivity contribution in [2.75, 3.05) is 0 Å². The van der Waals surface area contributed by atoms with Gasteiger partial charge in [-0.05, 0) is 0 Å². The third-order valence-corrected chi connectivity index (χ3v) is 13.6. The predicted molar refractivity (Wildman–Crippen MR) is 228 cm³/mol. The van der Waals surface area contributed by atoms with Crippen molar-refractivity contribution >= 4 is 50.2 Å². The molecule has 0 aliphatic heterocycles. The van der Waals surface area contributed by atoms with Crippen LogP contribution in [0.25, 0.3) is 43.4 Å². The number of hydrogen-bond acceptors (Lipinski definition) is 3. The summed E-state index contributed by atoms with van der Waals surface area (Å²) in [4.78, 5) is 39.0. The molecule has 0 atom stereocenters. The monoisotopic (exact) mass is 714 g/mol. The first-order valence-corrected chi connectivity index (χ1v) is 20.7. The molecule has 6 rings (SSSR count). The van der Waals surface area contributed by atoms with E-state index in [1.165, 1.54) is 11.1 Å². The first-order chi connectivity index (χ1) is 23.6. The van der Waals surface area contributed by atoms with Gasteiger partial charge in [0.25, 0.3) is 0 Å². The van der Waals surface area contributed by atoms with Crippen molar-refractivity contribution in [1.29, 1.82) is 0 Å². The molecule has 6 aromatic rings. The average molecular weight is 715 g/mol. The molecule has 274 valence electrons. The zero-order chi connectivity index (χ0) is 38.6. The first-order valence-electron chi connectivity index (χ1n) is 18.6. The summed E-state index contributed by atoms with van der Waals surface area (Å²) in [6.45, 7) is 30.3. The summed E-state index contributed by atoms with van der Waals surface area (Å²) in [6, 6.07) is 29.4. The fraction of sp³-hybridized carbons (Fsp3) is 0.375. The fourth-order valence-electron chi connectivity index (χ4n) is 7.62. The predicted octanol–water partition coefficient (Wildman–Crippen LogP) is 11.8. The zero-order valence-electron chi connectivity index (χ0n) is 33.9. The van der Waals surface area contributed by atoms with E-state index in [1.54, 1.807) is 6.07 Å². The summed E-state index contributed by atoms with van der Waals surface area (Å²) in [5, 5.41) is 6.29. The Morgan fingerprint density at radius 3 is 1.37 bits per heavy atom. The van der Waals surface area contributed by atoms with Crippen LogP contribution in [-0.2, 0) is 21.7 Å². The van der Waals surface area contributed by atoms with Gasteiger partial charge < -0.3 is 0 Å². The quantitative estimate of drug-likeness (QED) is 0.160. The van der Waals surface area contributed by atoms with Gasteiger partial charge in [0, 0.05) is 0 Å². The Hall–Kier alpha value is -3.59. The number of hydrogen-bond donors (Lipinski definition) is 3. The molecule has 0 aliphatic carbocycles. The molecule has 0 unspecified atom stereocenters. The Labute approximate surface area is 311 Å².